The second-order valence-corrected chi connectivity index (χ2v) is 5.01. The molecule has 0 amide bonds. The molecule has 1 aliphatic heterocycles. The quantitative estimate of drug-likeness (QED) is 0.836. The monoisotopic (exact) mass is 280 g/mol. The first kappa shape index (κ1) is 14.9. The smallest absolute Gasteiger partial charge is 0.323 e. The molecule has 110 valence electrons. The topological polar surface area (TPSA) is 55.6 Å². The molecule has 1 atom stereocenters. The molecule has 0 saturated carbocycles. The number of likely N-dealkylation sites (tertiary alicyclic amines) is 1. The van der Waals surface area contributed by atoms with Gasteiger partial charge in [0.25, 0.3) is 0 Å². The summed E-state index contributed by atoms with van der Waals surface area (Å²) in [5.41, 5.74) is 7.00. The molecule has 1 heterocycles. The van der Waals surface area contributed by atoms with Crippen LogP contribution in [0.3, 0.4) is 0 Å². The van der Waals surface area contributed by atoms with Gasteiger partial charge in [0.15, 0.2) is 0 Å². The number of hydrogen-bond donors (Lipinski definition) is 1. The summed E-state index contributed by atoms with van der Waals surface area (Å²) in [5, 5.41) is 0. The van der Waals surface area contributed by atoms with Crippen molar-refractivity contribution in [2.45, 2.75) is 38.9 Å². The van der Waals surface area contributed by atoms with E-state index < -0.39 is 0 Å². The first-order valence-electron chi connectivity index (χ1n) is 7.03. The average molecular weight is 280 g/mol. The van der Waals surface area contributed by atoms with E-state index in [4.69, 9.17) is 10.5 Å². The number of carbonyl (C=O) groups excluding carboxylic acids is 1. The summed E-state index contributed by atoms with van der Waals surface area (Å²) in [6, 6.07) is 4.78. The van der Waals surface area contributed by atoms with Crippen LogP contribution in [0, 0.1) is 5.82 Å². The third-order valence-corrected chi connectivity index (χ3v) is 3.64. The Morgan fingerprint density at radius 3 is 3.05 bits per heavy atom. The average Bonchev–Trinajstić information content (AvgIpc) is 2.89. The SMILES string of the molecule is CCOC(=O)C1CCCN1Cc1ccc(F)c(CN)c1. The van der Waals surface area contributed by atoms with Crippen molar-refractivity contribution >= 4 is 5.97 Å². The summed E-state index contributed by atoms with van der Waals surface area (Å²) in [6.07, 6.45) is 1.80. The highest BCUT2D eigenvalue weighted by atomic mass is 19.1. The van der Waals surface area contributed by atoms with Gasteiger partial charge in [-0.1, -0.05) is 12.1 Å². The number of halogens is 1. The van der Waals surface area contributed by atoms with Gasteiger partial charge >= 0.3 is 5.97 Å². The van der Waals surface area contributed by atoms with Gasteiger partial charge in [-0.05, 0) is 37.9 Å². The van der Waals surface area contributed by atoms with E-state index in [1.165, 1.54) is 6.07 Å². The lowest BCUT2D eigenvalue weighted by Crippen LogP contribution is -2.36. The Morgan fingerprint density at radius 1 is 1.55 bits per heavy atom. The summed E-state index contributed by atoms with van der Waals surface area (Å²) in [4.78, 5) is 14.0. The van der Waals surface area contributed by atoms with Crippen molar-refractivity contribution in [1.29, 1.82) is 0 Å². The molecule has 0 aromatic heterocycles. The summed E-state index contributed by atoms with van der Waals surface area (Å²) >= 11 is 0. The van der Waals surface area contributed by atoms with E-state index in [0.29, 0.717) is 18.7 Å². The summed E-state index contributed by atoms with van der Waals surface area (Å²) in [6.45, 7) is 3.87. The highest BCUT2D eigenvalue weighted by molar-refractivity contribution is 5.76. The number of nitrogens with zero attached hydrogens (tertiary/aromatic N) is 1. The highest BCUT2D eigenvalue weighted by Crippen LogP contribution is 2.22. The van der Waals surface area contributed by atoms with Crippen LogP contribution in [0.4, 0.5) is 4.39 Å². The van der Waals surface area contributed by atoms with E-state index in [9.17, 15) is 9.18 Å². The first-order valence-corrected chi connectivity index (χ1v) is 7.03. The van der Waals surface area contributed by atoms with Gasteiger partial charge in [0, 0.05) is 18.7 Å². The van der Waals surface area contributed by atoms with Crippen LogP contribution in [0.15, 0.2) is 18.2 Å². The van der Waals surface area contributed by atoms with Gasteiger partial charge < -0.3 is 10.5 Å². The maximum Gasteiger partial charge on any atom is 0.323 e. The Bertz CT molecular complexity index is 479. The maximum absolute atomic E-state index is 13.4. The Kier molecular flexibility index (Phi) is 5.09. The second-order valence-electron chi connectivity index (χ2n) is 5.01. The Balaban J connectivity index is 2.06. The molecule has 4 nitrogen and oxygen atoms in total. The van der Waals surface area contributed by atoms with E-state index in [2.05, 4.69) is 4.90 Å². The van der Waals surface area contributed by atoms with E-state index in [1.54, 1.807) is 12.1 Å². The van der Waals surface area contributed by atoms with Crippen LogP contribution < -0.4 is 5.73 Å². The number of nitrogens with two attached hydrogens (primary N) is 1. The lowest BCUT2D eigenvalue weighted by molar-refractivity contribution is -0.148. The molecule has 20 heavy (non-hydrogen) atoms. The first-order chi connectivity index (χ1) is 9.65. The number of ether oxygens (including phenoxy) is 1. The standard InChI is InChI=1S/C15H21FN2O2/c1-2-20-15(19)14-4-3-7-18(14)10-11-5-6-13(16)12(8-11)9-17/h5-6,8,14H,2-4,7,9-10,17H2,1H3. The van der Waals surface area contributed by atoms with Gasteiger partial charge in [-0.25, -0.2) is 4.39 Å². The van der Waals surface area contributed by atoms with Crippen LogP contribution in [0.2, 0.25) is 0 Å². The second kappa shape index (κ2) is 6.81. The van der Waals surface area contributed by atoms with Crippen LogP contribution in [-0.4, -0.2) is 30.1 Å². The number of rotatable bonds is 5. The van der Waals surface area contributed by atoms with Crippen LogP contribution in [0.5, 0.6) is 0 Å². The Labute approximate surface area is 118 Å². The molecule has 1 aromatic carbocycles. The number of carbonyl (C=O) groups is 1. The van der Waals surface area contributed by atoms with Crippen molar-refractivity contribution in [2.75, 3.05) is 13.2 Å². The van der Waals surface area contributed by atoms with Crippen LogP contribution >= 0.6 is 0 Å². The summed E-state index contributed by atoms with van der Waals surface area (Å²) < 4.78 is 18.5. The van der Waals surface area contributed by atoms with E-state index in [-0.39, 0.29) is 24.4 Å². The van der Waals surface area contributed by atoms with Gasteiger partial charge in [-0.15, -0.1) is 0 Å². The summed E-state index contributed by atoms with van der Waals surface area (Å²) in [7, 11) is 0. The third-order valence-electron chi connectivity index (χ3n) is 3.64. The van der Waals surface area contributed by atoms with Gasteiger partial charge in [-0.2, -0.15) is 0 Å². The minimum Gasteiger partial charge on any atom is -0.465 e. The summed E-state index contributed by atoms with van der Waals surface area (Å²) in [5.74, 6) is -0.439. The molecular formula is C15H21FN2O2. The Morgan fingerprint density at radius 2 is 2.35 bits per heavy atom. The molecule has 0 aliphatic carbocycles. The van der Waals surface area contributed by atoms with Gasteiger partial charge in [0.1, 0.15) is 11.9 Å². The molecule has 2 rings (SSSR count). The van der Waals surface area contributed by atoms with Crippen molar-refractivity contribution in [3.05, 3.63) is 35.1 Å². The minimum absolute atomic E-state index is 0.161. The molecule has 1 fully saturated rings. The molecule has 1 saturated heterocycles. The third kappa shape index (κ3) is 3.35. The highest BCUT2D eigenvalue weighted by Gasteiger charge is 2.31. The molecule has 0 bridgehead atoms. The molecule has 1 unspecified atom stereocenters. The number of benzene rings is 1. The fourth-order valence-electron chi connectivity index (χ4n) is 2.64. The zero-order chi connectivity index (χ0) is 14.5. The normalized spacial score (nSPS) is 19.2. The van der Waals surface area contributed by atoms with Crippen molar-refractivity contribution in [1.82, 2.24) is 4.90 Å². The maximum atomic E-state index is 13.4. The predicted molar refractivity (Wildman–Crippen MR) is 74.4 cm³/mol. The van der Waals surface area contributed by atoms with Gasteiger partial charge in [0.05, 0.1) is 6.61 Å². The molecule has 0 spiro atoms. The lowest BCUT2D eigenvalue weighted by atomic mass is 10.1. The van der Waals surface area contributed by atoms with Crippen LogP contribution in [0.25, 0.3) is 0 Å². The fourth-order valence-corrected chi connectivity index (χ4v) is 2.64. The molecule has 1 aliphatic rings. The van der Waals surface area contributed by atoms with Crippen LogP contribution in [0.1, 0.15) is 30.9 Å². The van der Waals surface area contributed by atoms with Crippen molar-refractivity contribution < 1.29 is 13.9 Å². The Hall–Kier alpha value is -1.46. The molecule has 2 N–H and O–H groups in total. The molecular weight excluding hydrogens is 259 g/mol. The van der Waals surface area contributed by atoms with Gasteiger partial charge in [0.2, 0.25) is 0 Å². The minimum atomic E-state index is -0.278. The largest absolute Gasteiger partial charge is 0.465 e. The van der Waals surface area contributed by atoms with Crippen molar-refractivity contribution in [2.24, 2.45) is 5.73 Å². The van der Waals surface area contributed by atoms with E-state index in [1.807, 2.05) is 6.92 Å². The fraction of sp³-hybridized carbons (Fsp3) is 0.533. The molecule has 5 heteroatoms. The zero-order valence-electron chi connectivity index (χ0n) is 11.8. The lowest BCUT2D eigenvalue weighted by Gasteiger charge is -2.23. The predicted octanol–water partition coefficient (Wildman–Crippen LogP) is 1.81. The zero-order valence-corrected chi connectivity index (χ0v) is 11.8. The number of esters is 1. The van der Waals surface area contributed by atoms with Crippen LogP contribution in [-0.2, 0) is 22.6 Å². The van der Waals surface area contributed by atoms with E-state index >= 15 is 0 Å². The van der Waals surface area contributed by atoms with Crippen molar-refractivity contribution in [3.8, 4) is 0 Å². The molecule has 0 radical (unpaired) electrons. The van der Waals surface area contributed by atoms with Gasteiger partial charge in [-0.3, -0.25) is 9.69 Å². The molecule has 1 aromatic rings. The van der Waals surface area contributed by atoms with Crippen molar-refractivity contribution in [3.63, 3.8) is 0 Å². The number of hydrogen-bond acceptors (Lipinski definition) is 4. The van der Waals surface area contributed by atoms with E-state index in [0.717, 1.165) is 24.9 Å².